The summed E-state index contributed by atoms with van der Waals surface area (Å²) in [6.07, 6.45) is 2.18. The zero-order valence-corrected chi connectivity index (χ0v) is 7.71. The third-order valence-electron chi connectivity index (χ3n) is 2.02. The van der Waals surface area contributed by atoms with E-state index in [-0.39, 0.29) is 5.52 Å². The van der Waals surface area contributed by atoms with Crippen molar-refractivity contribution in [2.75, 3.05) is 0 Å². The number of hydrogen-bond donors (Lipinski definition) is 2. The normalized spacial score (nSPS) is 10.7. The first kappa shape index (κ1) is 9.25. The molecular weight excluding hydrogens is 202 g/mol. The Morgan fingerprint density at radius 3 is 2.67 bits per heavy atom. The van der Waals surface area contributed by atoms with Crippen LogP contribution in [0.2, 0.25) is 0 Å². The predicted octanol–water partition coefficient (Wildman–Crippen LogP) is -1.20. The first-order valence-electron chi connectivity index (χ1n) is 4.01. The van der Waals surface area contributed by atoms with Gasteiger partial charge in [0.1, 0.15) is 6.33 Å². The zero-order valence-electron chi connectivity index (χ0n) is 7.71. The van der Waals surface area contributed by atoms with Crippen molar-refractivity contribution < 1.29 is 10.2 Å². The second-order valence-corrected chi connectivity index (χ2v) is 3.03. The van der Waals surface area contributed by atoms with Gasteiger partial charge < -0.3 is 10.2 Å². The fourth-order valence-electron chi connectivity index (χ4n) is 1.22. The maximum atomic E-state index is 11.5. The molecule has 0 aliphatic heterocycles. The quantitative estimate of drug-likeness (QED) is 0.568. The van der Waals surface area contributed by atoms with Crippen LogP contribution >= 0.6 is 0 Å². The largest absolute Gasteiger partial charge is 0.503 e. The van der Waals surface area contributed by atoms with Gasteiger partial charge in [0.05, 0.1) is 6.20 Å². The van der Waals surface area contributed by atoms with E-state index in [1.807, 2.05) is 0 Å². The Hall–Kier alpha value is -2.31. The molecule has 0 amide bonds. The molecule has 78 valence electrons. The van der Waals surface area contributed by atoms with Crippen LogP contribution in [-0.2, 0) is 7.05 Å². The summed E-state index contributed by atoms with van der Waals surface area (Å²) >= 11 is 0. The molecule has 0 radical (unpaired) electrons. The molecule has 2 aromatic heterocycles. The highest BCUT2D eigenvalue weighted by Crippen LogP contribution is 2.11. The van der Waals surface area contributed by atoms with Crippen molar-refractivity contribution >= 4 is 5.52 Å². The number of rotatable bonds is 0. The summed E-state index contributed by atoms with van der Waals surface area (Å²) in [6, 6.07) is 0. The Morgan fingerprint density at radius 2 is 2.00 bits per heavy atom. The molecule has 15 heavy (non-hydrogen) atoms. The molecule has 0 spiro atoms. The van der Waals surface area contributed by atoms with Gasteiger partial charge in [0.2, 0.25) is 0 Å². The van der Waals surface area contributed by atoms with E-state index >= 15 is 0 Å². The first-order valence-corrected chi connectivity index (χ1v) is 4.01. The summed E-state index contributed by atoms with van der Waals surface area (Å²) < 4.78 is 2.07. The van der Waals surface area contributed by atoms with Crippen LogP contribution < -0.4 is 11.0 Å². The van der Waals surface area contributed by atoms with Gasteiger partial charge in [-0.3, -0.25) is 14.2 Å². The lowest BCUT2D eigenvalue weighted by Gasteiger charge is -2.03. The monoisotopic (exact) mass is 209 g/mol. The van der Waals surface area contributed by atoms with Gasteiger partial charge in [-0.25, -0.2) is 4.52 Å². The molecule has 0 saturated heterocycles. The highest BCUT2D eigenvalue weighted by molar-refractivity contribution is 5.58. The lowest BCUT2D eigenvalue weighted by atomic mass is 10.3. The summed E-state index contributed by atoms with van der Waals surface area (Å²) in [5.74, 6) is -1.46. The fourth-order valence-corrected chi connectivity index (χ4v) is 1.22. The molecule has 0 atom stereocenters. The average Bonchev–Trinajstić information content (AvgIpc) is 2.20. The second kappa shape index (κ2) is 2.84. The molecule has 0 aromatic carbocycles. The van der Waals surface area contributed by atoms with Crippen LogP contribution in [0.25, 0.3) is 5.52 Å². The van der Waals surface area contributed by atoms with Crippen molar-refractivity contribution in [3.8, 4) is 11.5 Å². The molecule has 2 aromatic rings. The average molecular weight is 209 g/mol. The molecule has 0 unspecified atom stereocenters. The van der Waals surface area contributed by atoms with Gasteiger partial charge in [0, 0.05) is 7.05 Å². The highest BCUT2D eigenvalue weighted by Gasteiger charge is 2.13. The Morgan fingerprint density at radius 1 is 1.33 bits per heavy atom. The van der Waals surface area contributed by atoms with Crippen LogP contribution in [0.15, 0.2) is 22.1 Å². The molecule has 7 nitrogen and oxygen atoms in total. The number of aryl methyl sites for hydroxylation is 1. The molecule has 0 saturated carbocycles. The highest BCUT2D eigenvalue weighted by atomic mass is 16.3. The van der Waals surface area contributed by atoms with Crippen molar-refractivity contribution in [3.05, 3.63) is 33.1 Å². The number of aromatic nitrogens is 3. The molecule has 2 heterocycles. The summed E-state index contributed by atoms with van der Waals surface area (Å²) in [6.45, 7) is 0. The van der Waals surface area contributed by atoms with E-state index < -0.39 is 22.5 Å². The van der Waals surface area contributed by atoms with Crippen LogP contribution in [0.3, 0.4) is 0 Å². The second-order valence-electron chi connectivity index (χ2n) is 3.03. The number of nitrogens with zero attached hydrogens (tertiary/aromatic N) is 3. The Balaban J connectivity index is 3.15. The predicted molar refractivity (Wildman–Crippen MR) is 50.0 cm³/mol. The van der Waals surface area contributed by atoms with E-state index in [0.29, 0.717) is 0 Å². The summed E-state index contributed by atoms with van der Waals surface area (Å²) in [5.41, 5.74) is -1.82. The fraction of sp³-hybridized carbons (Fsp3) is 0.125. The third-order valence-corrected chi connectivity index (χ3v) is 2.02. The van der Waals surface area contributed by atoms with E-state index in [0.717, 1.165) is 15.3 Å². The summed E-state index contributed by atoms with van der Waals surface area (Å²) in [5, 5.41) is 22.2. The van der Waals surface area contributed by atoms with Crippen molar-refractivity contribution in [2.45, 2.75) is 0 Å². The lowest BCUT2D eigenvalue weighted by Crippen LogP contribution is -2.22. The Bertz CT molecular complexity index is 655. The van der Waals surface area contributed by atoms with E-state index in [2.05, 4.69) is 5.10 Å². The van der Waals surface area contributed by atoms with E-state index in [9.17, 15) is 14.7 Å². The van der Waals surface area contributed by atoms with Crippen LogP contribution in [-0.4, -0.2) is 24.4 Å². The Labute approximate surface area is 82.5 Å². The smallest absolute Gasteiger partial charge is 0.281 e. The van der Waals surface area contributed by atoms with Crippen molar-refractivity contribution in [3.63, 3.8) is 0 Å². The maximum Gasteiger partial charge on any atom is 0.281 e. The topological polar surface area (TPSA) is 96.8 Å². The molecule has 0 fully saturated rings. The number of hydrogen-bond acceptors (Lipinski definition) is 5. The van der Waals surface area contributed by atoms with Crippen molar-refractivity contribution in [2.24, 2.45) is 7.05 Å². The first-order chi connectivity index (χ1) is 7.02. The van der Waals surface area contributed by atoms with Gasteiger partial charge in [0.25, 0.3) is 11.0 Å². The summed E-state index contributed by atoms with van der Waals surface area (Å²) in [4.78, 5) is 22.7. The molecule has 0 bridgehead atoms. The van der Waals surface area contributed by atoms with Gasteiger partial charge >= 0.3 is 0 Å². The van der Waals surface area contributed by atoms with Crippen LogP contribution in [0.4, 0.5) is 0 Å². The molecule has 2 N–H and O–H groups in total. The van der Waals surface area contributed by atoms with Gasteiger partial charge in [0.15, 0.2) is 17.0 Å². The molecule has 0 aliphatic rings. The van der Waals surface area contributed by atoms with Crippen LogP contribution in [0, 0.1) is 0 Å². The van der Waals surface area contributed by atoms with Gasteiger partial charge in [-0.05, 0) is 0 Å². The van der Waals surface area contributed by atoms with E-state index in [4.69, 9.17) is 5.11 Å². The lowest BCUT2D eigenvalue weighted by molar-refractivity contribution is 0.436. The Kier molecular flexibility index (Phi) is 1.75. The van der Waals surface area contributed by atoms with E-state index in [1.165, 1.54) is 13.4 Å². The minimum atomic E-state index is -0.986. The third kappa shape index (κ3) is 1.17. The number of pyridine rings is 1. The molecular formula is C8H7N3O4. The van der Waals surface area contributed by atoms with Crippen molar-refractivity contribution in [1.82, 2.24) is 14.2 Å². The SMILES string of the molecule is Cn1cnn2cc(O)c(=O)c(O)c2c1=O. The minimum Gasteiger partial charge on any atom is -0.503 e. The van der Waals surface area contributed by atoms with Crippen LogP contribution in [0.5, 0.6) is 11.5 Å². The van der Waals surface area contributed by atoms with E-state index in [1.54, 1.807) is 0 Å². The summed E-state index contributed by atoms with van der Waals surface area (Å²) in [7, 11) is 1.44. The number of fused-ring (bicyclic) bond motifs is 1. The number of aromatic hydroxyl groups is 2. The molecule has 2 rings (SSSR count). The minimum absolute atomic E-state index is 0.261. The van der Waals surface area contributed by atoms with Crippen molar-refractivity contribution in [1.29, 1.82) is 0 Å². The molecule has 7 heteroatoms. The maximum absolute atomic E-state index is 11.5. The standard InChI is InChI=1S/C8H7N3O4/c1-10-3-9-11-2-4(12)6(13)7(14)5(11)8(10)15/h2-3,12,14H,1H3. The van der Waals surface area contributed by atoms with Gasteiger partial charge in [-0.1, -0.05) is 0 Å². The molecule has 0 aliphatic carbocycles. The zero-order chi connectivity index (χ0) is 11.2. The van der Waals surface area contributed by atoms with Gasteiger partial charge in [-0.2, -0.15) is 5.10 Å². The van der Waals surface area contributed by atoms with Gasteiger partial charge in [-0.15, -0.1) is 0 Å². The van der Waals surface area contributed by atoms with Crippen LogP contribution in [0.1, 0.15) is 0 Å².